The molecule has 10 heteroatoms. The highest BCUT2D eigenvalue weighted by Crippen LogP contribution is 2.33. The molecule has 0 aliphatic carbocycles. The molecule has 1 N–H and O–H groups in total. The summed E-state index contributed by atoms with van der Waals surface area (Å²) >= 11 is 6.58. The number of carbonyl (C=O) groups is 2. The number of hydrogen-bond donors (Lipinski definition) is 1. The van der Waals surface area contributed by atoms with E-state index in [2.05, 4.69) is 5.32 Å². The van der Waals surface area contributed by atoms with E-state index in [1.54, 1.807) is 67.6 Å². The first-order valence-electron chi connectivity index (χ1n) is 15.7. The lowest BCUT2D eigenvalue weighted by atomic mass is 10.0. The predicted molar refractivity (Wildman–Crippen MR) is 187 cm³/mol. The number of para-hydroxylation sites is 2. The molecule has 0 heterocycles. The van der Waals surface area contributed by atoms with Crippen LogP contribution in [0, 0.1) is 12.8 Å². The summed E-state index contributed by atoms with van der Waals surface area (Å²) in [7, 11) is -4.27. The van der Waals surface area contributed by atoms with Crippen molar-refractivity contribution in [2.75, 3.05) is 24.0 Å². The Labute approximate surface area is 283 Å². The van der Waals surface area contributed by atoms with Gasteiger partial charge in [0.05, 0.1) is 17.2 Å². The third kappa shape index (κ3) is 9.36. The number of amides is 2. The fourth-order valence-corrected chi connectivity index (χ4v) is 6.70. The minimum absolute atomic E-state index is 0.0172. The summed E-state index contributed by atoms with van der Waals surface area (Å²) in [6.45, 7) is 7.74. The van der Waals surface area contributed by atoms with Crippen molar-refractivity contribution in [1.29, 1.82) is 0 Å². The number of carbonyl (C=O) groups excluding carboxylic acids is 2. The summed E-state index contributed by atoms with van der Waals surface area (Å²) in [4.78, 5) is 30.1. The van der Waals surface area contributed by atoms with Crippen molar-refractivity contribution in [2.24, 2.45) is 5.92 Å². The molecular weight excluding hydrogens is 634 g/mol. The van der Waals surface area contributed by atoms with Crippen molar-refractivity contribution in [2.45, 2.75) is 51.6 Å². The number of ether oxygens (including phenoxy) is 1. The van der Waals surface area contributed by atoms with Crippen LogP contribution < -0.4 is 14.4 Å². The molecule has 2 amide bonds. The van der Waals surface area contributed by atoms with E-state index >= 15 is 0 Å². The summed E-state index contributed by atoms with van der Waals surface area (Å²) in [6.07, 6.45) is 0.210. The molecule has 0 fully saturated rings. The molecule has 0 saturated carbocycles. The van der Waals surface area contributed by atoms with Gasteiger partial charge in [-0.3, -0.25) is 13.9 Å². The van der Waals surface area contributed by atoms with Crippen LogP contribution in [0.5, 0.6) is 5.75 Å². The highest BCUT2D eigenvalue weighted by Gasteiger charge is 2.35. The lowest BCUT2D eigenvalue weighted by molar-refractivity contribution is -0.140. The van der Waals surface area contributed by atoms with Gasteiger partial charge in [0.15, 0.2) is 0 Å². The van der Waals surface area contributed by atoms with Crippen LogP contribution in [0.2, 0.25) is 5.02 Å². The van der Waals surface area contributed by atoms with E-state index in [-0.39, 0.29) is 42.0 Å². The van der Waals surface area contributed by atoms with Crippen LogP contribution in [-0.2, 0) is 32.6 Å². The summed E-state index contributed by atoms with van der Waals surface area (Å²) in [5.41, 5.74) is 2.58. The zero-order valence-corrected chi connectivity index (χ0v) is 28.8. The number of benzene rings is 4. The SMILES string of the molecule is CCOc1ccccc1N(CC(=O)N(Cc1ccccc1Cl)[C@@H](Cc1ccccc1)C(=O)NCC(C)C)S(=O)(=O)c1ccc(C)cc1. The Morgan fingerprint density at radius 3 is 2.17 bits per heavy atom. The molecule has 0 aliphatic heterocycles. The van der Waals surface area contributed by atoms with Gasteiger partial charge in [0.2, 0.25) is 11.8 Å². The Morgan fingerprint density at radius 2 is 1.51 bits per heavy atom. The van der Waals surface area contributed by atoms with E-state index in [4.69, 9.17) is 16.3 Å². The van der Waals surface area contributed by atoms with Crippen molar-refractivity contribution >= 4 is 39.1 Å². The molecule has 0 bridgehead atoms. The minimum atomic E-state index is -4.27. The van der Waals surface area contributed by atoms with Crippen LogP contribution in [-0.4, -0.2) is 50.9 Å². The number of rotatable bonds is 15. The summed E-state index contributed by atoms with van der Waals surface area (Å²) in [6, 6.07) is 28.7. The standard InChI is InChI=1S/C37H42ClN3O5S/c1-5-46-35-18-12-11-17-33(35)41(47(44,45)31-21-19-28(4)20-22-31)26-36(42)40(25-30-15-9-10-16-32(30)38)34(37(43)39-24-27(2)3)23-29-13-7-6-8-14-29/h6-22,27,34H,5,23-26H2,1-4H3,(H,39,43)/t34-/m0/s1. The number of hydrogen-bond acceptors (Lipinski definition) is 5. The Morgan fingerprint density at radius 1 is 0.872 bits per heavy atom. The van der Waals surface area contributed by atoms with Gasteiger partial charge in [0, 0.05) is 24.5 Å². The lowest BCUT2D eigenvalue weighted by Crippen LogP contribution is -2.53. The molecule has 1 atom stereocenters. The van der Waals surface area contributed by atoms with E-state index in [0.717, 1.165) is 15.4 Å². The molecule has 4 rings (SSSR count). The molecule has 0 aliphatic rings. The zero-order valence-electron chi connectivity index (χ0n) is 27.2. The van der Waals surface area contributed by atoms with Gasteiger partial charge >= 0.3 is 0 Å². The van der Waals surface area contributed by atoms with Gasteiger partial charge in [-0.25, -0.2) is 8.42 Å². The average Bonchev–Trinajstić information content (AvgIpc) is 3.06. The summed E-state index contributed by atoms with van der Waals surface area (Å²) in [5.74, 6) is -0.431. The third-order valence-electron chi connectivity index (χ3n) is 7.58. The number of sulfonamides is 1. The Bertz CT molecular complexity index is 1750. The molecule has 248 valence electrons. The smallest absolute Gasteiger partial charge is 0.264 e. The molecule has 0 saturated heterocycles. The maximum Gasteiger partial charge on any atom is 0.264 e. The van der Waals surface area contributed by atoms with E-state index in [9.17, 15) is 18.0 Å². The zero-order chi connectivity index (χ0) is 34.0. The Balaban J connectivity index is 1.84. The molecule has 0 unspecified atom stereocenters. The van der Waals surface area contributed by atoms with Gasteiger partial charge in [0.25, 0.3) is 10.0 Å². The van der Waals surface area contributed by atoms with Crippen LogP contribution in [0.3, 0.4) is 0 Å². The van der Waals surface area contributed by atoms with Crippen molar-refractivity contribution in [3.05, 3.63) is 125 Å². The fraction of sp³-hybridized carbons (Fsp3) is 0.297. The molecule has 0 radical (unpaired) electrons. The molecule has 47 heavy (non-hydrogen) atoms. The average molecular weight is 676 g/mol. The quantitative estimate of drug-likeness (QED) is 0.152. The first-order valence-corrected chi connectivity index (χ1v) is 17.5. The van der Waals surface area contributed by atoms with Crippen molar-refractivity contribution < 1.29 is 22.7 Å². The number of halogens is 1. The van der Waals surface area contributed by atoms with Gasteiger partial charge in [-0.1, -0.05) is 104 Å². The molecule has 4 aromatic rings. The summed E-state index contributed by atoms with van der Waals surface area (Å²) in [5, 5.41) is 3.42. The first kappa shape index (κ1) is 35.5. The van der Waals surface area contributed by atoms with Crippen LogP contribution in [0.1, 0.15) is 37.5 Å². The van der Waals surface area contributed by atoms with Gasteiger partial charge in [-0.05, 0) is 61.2 Å². The van der Waals surface area contributed by atoms with Crippen molar-refractivity contribution in [1.82, 2.24) is 10.2 Å². The number of anilines is 1. The third-order valence-corrected chi connectivity index (χ3v) is 9.72. The Kier molecular flexibility index (Phi) is 12.4. The topological polar surface area (TPSA) is 96.0 Å². The van der Waals surface area contributed by atoms with Crippen molar-refractivity contribution in [3.8, 4) is 5.75 Å². The van der Waals surface area contributed by atoms with Gasteiger partial charge < -0.3 is 15.0 Å². The van der Waals surface area contributed by atoms with Gasteiger partial charge in [0.1, 0.15) is 18.3 Å². The normalized spacial score (nSPS) is 12.0. The first-order chi connectivity index (χ1) is 22.5. The lowest BCUT2D eigenvalue weighted by Gasteiger charge is -2.34. The largest absolute Gasteiger partial charge is 0.492 e. The van der Waals surface area contributed by atoms with Crippen LogP contribution in [0.25, 0.3) is 0 Å². The second-order valence-electron chi connectivity index (χ2n) is 11.7. The number of nitrogens with zero attached hydrogens (tertiary/aromatic N) is 2. The monoisotopic (exact) mass is 675 g/mol. The van der Waals surface area contributed by atoms with Crippen LogP contribution in [0.4, 0.5) is 5.69 Å². The predicted octanol–water partition coefficient (Wildman–Crippen LogP) is 6.65. The van der Waals surface area contributed by atoms with Crippen LogP contribution in [0.15, 0.2) is 108 Å². The second-order valence-corrected chi connectivity index (χ2v) is 14.0. The molecule has 8 nitrogen and oxygen atoms in total. The highest BCUT2D eigenvalue weighted by atomic mass is 35.5. The maximum absolute atomic E-state index is 14.7. The van der Waals surface area contributed by atoms with Crippen molar-refractivity contribution in [3.63, 3.8) is 0 Å². The second kappa shape index (κ2) is 16.5. The molecular formula is C37H42ClN3O5S. The molecule has 4 aromatic carbocycles. The summed E-state index contributed by atoms with van der Waals surface area (Å²) < 4.78 is 35.6. The van der Waals surface area contributed by atoms with E-state index in [0.29, 0.717) is 22.9 Å². The van der Waals surface area contributed by atoms with Gasteiger partial charge in [-0.2, -0.15) is 0 Å². The van der Waals surface area contributed by atoms with Gasteiger partial charge in [-0.15, -0.1) is 0 Å². The van der Waals surface area contributed by atoms with E-state index in [1.807, 2.05) is 51.1 Å². The van der Waals surface area contributed by atoms with E-state index in [1.165, 1.54) is 17.0 Å². The fourth-order valence-electron chi connectivity index (χ4n) is 5.08. The molecule has 0 spiro atoms. The number of aryl methyl sites for hydroxylation is 1. The highest BCUT2D eigenvalue weighted by molar-refractivity contribution is 7.92. The minimum Gasteiger partial charge on any atom is -0.492 e. The molecule has 0 aromatic heterocycles. The van der Waals surface area contributed by atoms with E-state index < -0.39 is 28.5 Å². The number of nitrogens with one attached hydrogen (secondary N) is 1. The van der Waals surface area contributed by atoms with Crippen LogP contribution >= 0.6 is 11.6 Å². The maximum atomic E-state index is 14.7. The Hall–Kier alpha value is -4.34.